The molecular formula is C20H28N4S. The van der Waals surface area contributed by atoms with Gasteiger partial charge in [0.1, 0.15) is 0 Å². The molecule has 1 N–H and O–H groups in total. The number of benzene rings is 1. The largest absolute Gasteiger partial charge is 0.341 e. The van der Waals surface area contributed by atoms with E-state index in [0.717, 1.165) is 29.5 Å². The molecule has 0 radical (unpaired) electrons. The molecule has 134 valence electrons. The summed E-state index contributed by atoms with van der Waals surface area (Å²) in [6.45, 7) is 8.14. The van der Waals surface area contributed by atoms with E-state index in [1.807, 2.05) is 12.3 Å². The van der Waals surface area contributed by atoms with E-state index in [1.54, 1.807) is 6.20 Å². The molecule has 2 aromatic rings. The van der Waals surface area contributed by atoms with E-state index in [2.05, 4.69) is 79.2 Å². The standard InChI is InChI=1S/C20H28N4S/c1-15-8-9-16(2)19(13-15)22-20(25)24(12-11-23(4)5)17(3)18-7-6-10-21-14-18/h6-10,13-14,17H,11-12H2,1-5H3,(H,22,25). The normalized spacial score (nSPS) is 12.1. The average Bonchev–Trinajstić information content (AvgIpc) is 2.58. The van der Waals surface area contributed by atoms with E-state index in [9.17, 15) is 0 Å². The van der Waals surface area contributed by atoms with Gasteiger partial charge in [0.15, 0.2) is 5.11 Å². The van der Waals surface area contributed by atoms with Gasteiger partial charge >= 0.3 is 0 Å². The summed E-state index contributed by atoms with van der Waals surface area (Å²) in [4.78, 5) is 8.65. The van der Waals surface area contributed by atoms with Gasteiger partial charge in [-0.3, -0.25) is 4.98 Å². The molecule has 4 nitrogen and oxygen atoms in total. The number of hydrogen-bond acceptors (Lipinski definition) is 3. The highest BCUT2D eigenvalue weighted by Gasteiger charge is 2.19. The topological polar surface area (TPSA) is 31.4 Å². The summed E-state index contributed by atoms with van der Waals surface area (Å²) >= 11 is 5.76. The number of anilines is 1. The Morgan fingerprint density at radius 2 is 1.96 bits per heavy atom. The molecule has 0 saturated heterocycles. The summed E-state index contributed by atoms with van der Waals surface area (Å²) in [5.74, 6) is 0. The van der Waals surface area contributed by atoms with Gasteiger partial charge in [0.25, 0.3) is 0 Å². The second kappa shape index (κ2) is 8.92. The van der Waals surface area contributed by atoms with Gasteiger partial charge in [-0.15, -0.1) is 0 Å². The quantitative estimate of drug-likeness (QED) is 0.790. The van der Waals surface area contributed by atoms with Gasteiger partial charge in [0.05, 0.1) is 6.04 Å². The minimum Gasteiger partial charge on any atom is -0.341 e. The number of likely N-dealkylation sites (N-methyl/N-ethyl adjacent to an activating group) is 1. The predicted octanol–water partition coefficient (Wildman–Crippen LogP) is 4.02. The fourth-order valence-corrected chi connectivity index (χ4v) is 3.00. The molecular weight excluding hydrogens is 328 g/mol. The Hall–Kier alpha value is -1.98. The molecule has 0 spiro atoms. The van der Waals surface area contributed by atoms with Gasteiger partial charge in [-0.25, -0.2) is 0 Å². The van der Waals surface area contributed by atoms with Gasteiger partial charge in [-0.2, -0.15) is 0 Å². The zero-order chi connectivity index (χ0) is 18.4. The maximum absolute atomic E-state index is 5.76. The van der Waals surface area contributed by atoms with Crippen LogP contribution in [0.5, 0.6) is 0 Å². The van der Waals surface area contributed by atoms with Crippen molar-refractivity contribution in [1.29, 1.82) is 0 Å². The highest BCUT2D eigenvalue weighted by atomic mass is 32.1. The van der Waals surface area contributed by atoms with Crippen LogP contribution in [-0.4, -0.2) is 47.1 Å². The third-order valence-corrected chi connectivity index (χ3v) is 4.65. The number of aryl methyl sites for hydroxylation is 2. The van der Waals surface area contributed by atoms with Crippen LogP contribution in [0.4, 0.5) is 5.69 Å². The molecule has 1 aromatic heterocycles. The van der Waals surface area contributed by atoms with Crippen molar-refractivity contribution in [3.8, 4) is 0 Å². The number of aromatic nitrogens is 1. The summed E-state index contributed by atoms with van der Waals surface area (Å²) < 4.78 is 0. The summed E-state index contributed by atoms with van der Waals surface area (Å²) in [6, 6.07) is 10.6. The van der Waals surface area contributed by atoms with Crippen molar-refractivity contribution < 1.29 is 0 Å². The zero-order valence-electron chi connectivity index (χ0n) is 15.8. The first-order valence-electron chi connectivity index (χ1n) is 8.58. The molecule has 1 atom stereocenters. The average molecular weight is 357 g/mol. The lowest BCUT2D eigenvalue weighted by molar-refractivity contribution is 0.289. The van der Waals surface area contributed by atoms with Crippen LogP contribution in [0.1, 0.15) is 29.7 Å². The molecule has 5 heteroatoms. The second-order valence-corrected chi connectivity index (χ2v) is 7.09. The van der Waals surface area contributed by atoms with Crippen molar-refractivity contribution in [2.75, 3.05) is 32.5 Å². The molecule has 0 fully saturated rings. The van der Waals surface area contributed by atoms with Crippen molar-refractivity contribution in [2.45, 2.75) is 26.8 Å². The molecule has 0 aliphatic heterocycles. The first kappa shape index (κ1) is 19.3. The Kier molecular flexibility index (Phi) is 6.91. The summed E-state index contributed by atoms with van der Waals surface area (Å²) in [7, 11) is 4.15. The van der Waals surface area contributed by atoms with Crippen molar-refractivity contribution in [3.63, 3.8) is 0 Å². The van der Waals surface area contributed by atoms with Gasteiger partial charge in [-0.05, 0) is 75.9 Å². The van der Waals surface area contributed by atoms with Gasteiger partial charge < -0.3 is 15.1 Å². The van der Waals surface area contributed by atoms with Crippen LogP contribution in [-0.2, 0) is 0 Å². The lowest BCUT2D eigenvalue weighted by Crippen LogP contribution is -2.41. The predicted molar refractivity (Wildman–Crippen MR) is 110 cm³/mol. The van der Waals surface area contributed by atoms with E-state index in [0.29, 0.717) is 0 Å². The molecule has 1 unspecified atom stereocenters. The van der Waals surface area contributed by atoms with E-state index in [-0.39, 0.29) is 6.04 Å². The highest BCUT2D eigenvalue weighted by molar-refractivity contribution is 7.80. The van der Waals surface area contributed by atoms with E-state index in [1.165, 1.54) is 11.1 Å². The minimum absolute atomic E-state index is 0.152. The lowest BCUT2D eigenvalue weighted by Gasteiger charge is -2.33. The molecule has 0 aliphatic rings. The highest BCUT2D eigenvalue weighted by Crippen LogP contribution is 2.22. The third-order valence-electron chi connectivity index (χ3n) is 4.32. The number of pyridine rings is 1. The van der Waals surface area contributed by atoms with Crippen molar-refractivity contribution in [2.24, 2.45) is 0 Å². The fourth-order valence-electron chi connectivity index (χ4n) is 2.64. The molecule has 25 heavy (non-hydrogen) atoms. The van der Waals surface area contributed by atoms with Crippen LogP contribution in [0.15, 0.2) is 42.7 Å². The Bertz CT molecular complexity index is 700. The van der Waals surface area contributed by atoms with Crippen LogP contribution >= 0.6 is 12.2 Å². The Morgan fingerprint density at radius 3 is 2.60 bits per heavy atom. The Labute approximate surface area is 156 Å². The monoisotopic (exact) mass is 356 g/mol. The van der Waals surface area contributed by atoms with Gasteiger partial charge in [0, 0.05) is 31.2 Å². The van der Waals surface area contributed by atoms with Crippen molar-refractivity contribution in [3.05, 3.63) is 59.4 Å². The van der Waals surface area contributed by atoms with Crippen LogP contribution in [0.3, 0.4) is 0 Å². The van der Waals surface area contributed by atoms with E-state index < -0.39 is 0 Å². The molecule has 0 bridgehead atoms. The second-order valence-electron chi connectivity index (χ2n) is 6.71. The molecule has 1 aromatic carbocycles. The fraction of sp³-hybridized carbons (Fsp3) is 0.400. The lowest BCUT2D eigenvalue weighted by atomic mass is 10.1. The number of nitrogens with one attached hydrogen (secondary N) is 1. The SMILES string of the molecule is Cc1ccc(C)c(NC(=S)N(CCN(C)C)C(C)c2cccnc2)c1. The maximum Gasteiger partial charge on any atom is 0.173 e. The van der Waals surface area contributed by atoms with E-state index >= 15 is 0 Å². The van der Waals surface area contributed by atoms with Gasteiger partial charge in [0.2, 0.25) is 0 Å². The summed E-state index contributed by atoms with van der Waals surface area (Å²) in [5.41, 5.74) is 4.63. The number of hydrogen-bond donors (Lipinski definition) is 1. The minimum atomic E-state index is 0.152. The van der Waals surface area contributed by atoms with Crippen LogP contribution in [0, 0.1) is 13.8 Å². The van der Waals surface area contributed by atoms with Crippen LogP contribution in [0.25, 0.3) is 0 Å². The smallest absolute Gasteiger partial charge is 0.173 e. The number of thiocarbonyl (C=S) groups is 1. The molecule has 0 saturated carbocycles. The first-order chi connectivity index (χ1) is 11.9. The number of nitrogens with zero attached hydrogens (tertiary/aromatic N) is 3. The summed E-state index contributed by atoms with van der Waals surface area (Å²) in [5, 5.41) is 4.19. The third kappa shape index (κ3) is 5.51. The summed E-state index contributed by atoms with van der Waals surface area (Å²) in [6.07, 6.45) is 3.71. The van der Waals surface area contributed by atoms with Crippen LogP contribution < -0.4 is 5.32 Å². The van der Waals surface area contributed by atoms with Crippen molar-refractivity contribution >= 4 is 23.0 Å². The molecule has 2 rings (SSSR count). The zero-order valence-corrected chi connectivity index (χ0v) is 16.6. The van der Waals surface area contributed by atoms with Gasteiger partial charge in [-0.1, -0.05) is 18.2 Å². The first-order valence-corrected chi connectivity index (χ1v) is 8.99. The number of rotatable bonds is 6. The van der Waals surface area contributed by atoms with Crippen molar-refractivity contribution in [1.82, 2.24) is 14.8 Å². The Balaban J connectivity index is 2.21. The molecule has 0 amide bonds. The molecule has 0 aliphatic carbocycles. The maximum atomic E-state index is 5.76. The van der Waals surface area contributed by atoms with Crippen LogP contribution in [0.2, 0.25) is 0 Å². The van der Waals surface area contributed by atoms with E-state index in [4.69, 9.17) is 12.2 Å². The molecule has 1 heterocycles. The Morgan fingerprint density at radius 1 is 1.20 bits per heavy atom.